The van der Waals surface area contributed by atoms with E-state index in [-0.39, 0.29) is 28.2 Å². The van der Waals surface area contributed by atoms with E-state index in [0.717, 1.165) is 18.2 Å². The van der Waals surface area contributed by atoms with E-state index in [0.29, 0.717) is 15.6 Å². The zero-order valence-corrected chi connectivity index (χ0v) is 20.6. The van der Waals surface area contributed by atoms with Gasteiger partial charge < -0.3 is 5.73 Å². The highest BCUT2D eigenvalue weighted by molar-refractivity contribution is 7.90. The molecular weight excluding hydrogens is 497 g/mol. The minimum absolute atomic E-state index is 0.0330. The smallest absolute Gasteiger partial charge is 0.220 e. The van der Waals surface area contributed by atoms with E-state index in [1.807, 2.05) is 20.8 Å². The minimum atomic E-state index is -4.53. The van der Waals surface area contributed by atoms with Gasteiger partial charge in [0.1, 0.15) is 22.3 Å². The highest BCUT2D eigenvalue weighted by atomic mass is 32.2. The molecule has 0 radical (unpaired) electrons. The molecule has 0 amide bonds. The Morgan fingerprint density at radius 1 is 0.971 bits per heavy atom. The largest absolute Gasteiger partial charge is 0.368 e. The highest BCUT2D eigenvalue weighted by Gasteiger charge is 2.29. The third-order valence-corrected chi connectivity index (χ3v) is 8.29. The van der Waals surface area contributed by atoms with Crippen LogP contribution in [0.3, 0.4) is 0 Å². The van der Waals surface area contributed by atoms with Gasteiger partial charge in [-0.3, -0.25) is 0 Å². The van der Waals surface area contributed by atoms with Crippen molar-refractivity contribution in [3.05, 3.63) is 76.7 Å². The van der Waals surface area contributed by atoms with E-state index >= 15 is 4.39 Å². The first-order valence-electron chi connectivity index (χ1n) is 10.4. The lowest BCUT2D eigenvalue weighted by Gasteiger charge is -2.13. The van der Waals surface area contributed by atoms with E-state index in [4.69, 9.17) is 5.73 Å². The summed E-state index contributed by atoms with van der Waals surface area (Å²) in [5, 5.41) is 0.700. The van der Waals surface area contributed by atoms with Crippen molar-refractivity contribution >= 4 is 27.1 Å². The Balaban J connectivity index is 1.85. The molecule has 4 rings (SSSR count). The number of nitrogens with zero attached hydrogens (tertiary/aromatic N) is 3. The maximum absolute atomic E-state index is 15.7. The summed E-state index contributed by atoms with van der Waals surface area (Å²) in [4.78, 5) is 12.2. The number of benzene rings is 2. The van der Waals surface area contributed by atoms with Crippen molar-refractivity contribution in [2.45, 2.75) is 36.8 Å². The fourth-order valence-electron chi connectivity index (χ4n) is 3.43. The molecule has 11 heteroatoms. The predicted molar refractivity (Wildman–Crippen MR) is 129 cm³/mol. The molecule has 0 saturated carbocycles. The molecular formula is C24H21F3N4O2S2. The maximum Gasteiger partial charge on any atom is 0.220 e. The van der Waals surface area contributed by atoms with Gasteiger partial charge in [0.2, 0.25) is 5.95 Å². The number of rotatable bonds is 5. The van der Waals surface area contributed by atoms with Crippen molar-refractivity contribution in [3.8, 4) is 21.8 Å². The summed E-state index contributed by atoms with van der Waals surface area (Å²) in [6.45, 7) is 5.86. The van der Waals surface area contributed by atoms with Crippen molar-refractivity contribution in [1.82, 2.24) is 15.0 Å². The van der Waals surface area contributed by atoms with Crippen LogP contribution in [0.25, 0.3) is 21.8 Å². The van der Waals surface area contributed by atoms with Crippen LogP contribution in [-0.2, 0) is 21.0 Å². The molecule has 2 aromatic carbocycles. The third-order valence-electron chi connectivity index (χ3n) is 5.08. The van der Waals surface area contributed by atoms with Gasteiger partial charge >= 0.3 is 0 Å². The van der Waals surface area contributed by atoms with Gasteiger partial charge in [0, 0.05) is 22.7 Å². The molecule has 6 nitrogen and oxygen atoms in total. The topological polar surface area (TPSA) is 98.8 Å². The molecule has 0 atom stereocenters. The predicted octanol–water partition coefficient (Wildman–Crippen LogP) is 5.54. The van der Waals surface area contributed by atoms with Crippen molar-refractivity contribution < 1.29 is 21.6 Å². The monoisotopic (exact) mass is 518 g/mol. The van der Waals surface area contributed by atoms with E-state index < -0.39 is 37.9 Å². The molecule has 0 aliphatic rings. The molecule has 4 aromatic rings. The van der Waals surface area contributed by atoms with Gasteiger partial charge in [-0.1, -0.05) is 39.0 Å². The van der Waals surface area contributed by atoms with Gasteiger partial charge in [-0.25, -0.2) is 36.5 Å². The van der Waals surface area contributed by atoms with Crippen LogP contribution < -0.4 is 5.73 Å². The summed E-state index contributed by atoms with van der Waals surface area (Å²) in [6, 6.07) is 8.54. The number of thiazole rings is 1. The first-order chi connectivity index (χ1) is 16.4. The number of anilines is 1. The molecule has 0 aliphatic heterocycles. The Hall–Kier alpha value is -3.31. The number of aromatic nitrogens is 3. The van der Waals surface area contributed by atoms with Gasteiger partial charge in [-0.05, 0) is 24.3 Å². The van der Waals surface area contributed by atoms with E-state index in [1.165, 1.54) is 35.7 Å². The van der Waals surface area contributed by atoms with Gasteiger partial charge in [0.15, 0.2) is 9.84 Å². The van der Waals surface area contributed by atoms with Gasteiger partial charge in [0.05, 0.1) is 27.0 Å². The van der Waals surface area contributed by atoms with Crippen molar-refractivity contribution in [2.75, 3.05) is 5.73 Å². The molecule has 2 N–H and O–H groups in total. The SMILES string of the molecule is CC(C)(C)c1nc(-c2cccc(CS(=O)(=O)c3c(F)cccc3F)c2F)c(-c2ccnc(N)n2)s1. The second kappa shape index (κ2) is 9.04. The lowest BCUT2D eigenvalue weighted by atomic mass is 9.98. The lowest BCUT2D eigenvalue weighted by Crippen LogP contribution is -2.11. The molecule has 0 saturated heterocycles. The van der Waals surface area contributed by atoms with Crippen LogP contribution >= 0.6 is 11.3 Å². The van der Waals surface area contributed by atoms with Crippen LogP contribution in [0.2, 0.25) is 0 Å². The van der Waals surface area contributed by atoms with E-state index in [9.17, 15) is 17.2 Å². The standard InChI is InChI=1S/C24H21F3N4O2S2/c1-24(2,3)22-31-19(20(34-22)17-10-11-29-23(28)30-17)14-7-4-6-13(18(14)27)12-35(32,33)21-15(25)8-5-9-16(21)26/h4-11H,12H2,1-3H3,(H2,28,29,30). The van der Waals surface area contributed by atoms with Crippen LogP contribution in [-0.4, -0.2) is 23.4 Å². The Morgan fingerprint density at radius 2 is 1.63 bits per heavy atom. The molecule has 0 fully saturated rings. The molecule has 35 heavy (non-hydrogen) atoms. The number of hydrogen-bond acceptors (Lipinski definition) is 7. The average molecular weight is 519 g/mol. The first kappa shape index (κ1) is 24.8. The van der Waals surface area contributed by atoms with Gasteiger partial charge in [-0.15, -0.1) is 11.3 Å². The quantitative estimate of drug-likeness (QED) is 0.373. The molecule has 182 valence electrons. The van der Waals surface area contributed by atoms with Crippen molar-refractivity contribution in [3.63, 3.8) is 0 Å². The second-order valence-corrected chi connectivity index (χ2v) is 11.8. The van der Waals surface area contributed by atoms with Crippen LogP contribution in [0, 0.1) is 17.5 Å². The Bertz CT molecular complexity index is 1510. The summed E-state index contributed by atoms with van der Waals surface area (Å²) in [5.74, 6) is -4.23. The van der Waals surface area contributed by atoms with Gasteiger partial charge in [-0.2, -0.15) is 0 Å². The lowest BCUT2D eigenvalue weighted by molar-refractivity contribution is 0.518. The summed E-state index contributed by atoms with van der Waals surface area (Å²) in [6.07, 6.45) is 1.47. The van der Waals surface area contributed by atoms with Crippen LogP contribution in [0.4, 0.5) is 19.1 Å². The zero-order valence-electron chi connectivity index (χ0n) is 19.0. The summed E-state index contributed by atoms with van der Waals surface area (Å²) < 4.78 is 69.6. The Kier molecular flexibility index (Phi) is 6.41. The minimum Gasteiger partial charge on any atom is -0.368 e. The summed E-state index contributed by atoms with van der Waals surface area (Å²) in [7, 11) is -4.53. The van der Waals surface area contributed by atoms with Crippen molar-refractivity contribution in [2.24, 2.45) is 0 Å². The molecule has 0 spiro atoms. The van der Waals surface area contributed by atoms with Crippen molar-refractivity contribution in [1.29, 1.82) is 0 Å². The van der Waals surface area contributed by atoms with E-state index in [1.54, 1.807) is 6.07 Å². The number of nitrogens with two attached hydrogens (primary N) is 1. The Morgan fingerprint density at radius 3 is 2.26 bits per heavy atom. The average Bonchev–Trinajstić information content (AvgIpc) is 3.21. The molecule has 0 aliphatic carbocycles. The molecule has 2 heterocycles. The fraction of sp³-hybridized carbons (Fsp3) is 0.208. The molecule has 0 bridgehead atoms. The number of nitrogen functional groups attached to an aromatic ring is 1. The van der Waals surface area contributed by atoms with Crippen LogP contribution in [0.1, 0.15) is 31.3 Å². The number of sulfone groups is 1. The summed E-state index contributed by atoms with van der Waals surface area (Å²) >= 11 is 1.31. The molecule has 2 aromatic heterocycles. The maximum atomic E-state index is 15.7. The summed E-state index contributed by atoms with van der Waals surface area (Å²) in [5.41, 5.74) is 5.85. The normalized spacial score (nSPS) is 12.2. The van der Waals surface area contributed by atoms with Crippen LogP contribution in [0.5, 0.6) is 0 Å². The van der Waals surface area contributed by atoms with Crippen LogP contribution in [0.15, 0.2) is 53.6 Å². The second-order valence-electron chi connectivity index (χ2n) is 8.84. The van der Waals surface area contributed by atoms with Gasteiger partial charge in [0.25, 0.3) is 0 Å². The van der Waals surface area contributed by atoms with E-state index in [2.05, 4.69) is 15.0 Å². The number of halogens is 3. The zero-order chi connectivity index (χ0) is 25.5. The molecule has 0 unspecified atom stereocenters. The Labute approximate surface area is 204 Å². The third kappa shape index (κ3) is 4.92. The first-order valence-corrected chi connectivity index (χ1v) is 12.9. The number of hydrogen-bond donors (Lipinski definition) is 1. The highest BCUT2D eigenvalue weighted by Crippen LogP contribution is 2.41. The fourth-order valence-corrected chi connectivity index (χ4v) is 6.04.